The SMILES string of the molecule is CCCCCCCCCCCCC[CH2][AlH2]. The van der Waals surface area contributed by atoms with E-state index >= 15 is 0 Å². The van der Waals surface area contributed by atoms with Crippen molar-refractivity contribution in [2.45, 2.75) is 89.3 Å². The fourth-order valence-electron chi connectivity index (χ4n) is 2.09. The maximum absolute atomic E-state index is 2.29. The zero-order chi connectivity index (χ0) is 11.2. The molecular weight excluding hydrogens is 195 g/mol. The van der Waals surface area contributed by atoms with Crippen LogP contribution >= 0.6 is 0 Å². The van der Waals surface area contributed by atoms with Crippen LogP contribution < -0.4 is 0 Å². The van der Waals surface area contributed by atoms with Crippen LogP contribution in [0.1, 0.15) is 84.0 Å². The van der Waals surface area contributed by atoms with Crippen molar-refractivity contribution in [1.82, 2.24) is 0 Å². The Labute approximate surface area is 106 Å². The first-order valence-electron chi connectivity index (χ1n) is 7.41. The van der Waals surface area contributed by atoms with Crippen molar-refractivity contribution >= 4 is 16.3 Å². The van der Waals surface area contributed by atoms with E-state index in [1.807, 2.05) is 0 Å². The van der Waals surface area contributed by atoms with Crippen molar-refractivity contribution in [2.24, 2.45) is 0 Å². The van der Waals surface area contributed by atoms with Crippen molar-refractivity contribution in [2.75, 3.05) is 0 Å². The Bertz CT molecular complexity index is 89.5. The van der Waals surface area contributed by atoms with Gasteiger partial charge in [-0.1, -0.05) is 84.0 Å². The summed E-state index contributed by atoms with van der Waals surface area (Å²) in [6, 6.07) is 0. The lowest BCUT2D eigenvalue weighted by atomic mass is 10.1. The van der Waals surface area contributed by atoms with E-state index in [-0.39, 0.29) is 0 Å². The molecule has 0 aromatic rings. The van der Waals surface area contributed by atoms with Crippen molar-refractivity contribution < 1.29 is 0 Å². The average molecular weight is 226 g/mol. The fourth-order valence-corrected chi connectivity index (χ4v) is 2.59. The number of unbranched alkanes of at least 4 members (excludes halogenated alkanes) is 11. The highest BCUT2D eigenvalue weighted by atomic mass is 27.0. The predicted molar refractivity (Wildman–Crippen MR) is 74.4 cm³/mol. The van der Waals surface area contributed by atoms with Crippen LogP contribution in [0.15, 0.2) is 0 Å². The molecule has 0 aromatic heterocycles. The first-order chi connectivity index (χ1) is 7.41. The predicted octanol–water partition coefficient (Wildman–Crippen LogP) is 4.74. The highest BCUT2D eigenvalue weighted by molar-refractivity contribution is 6.08. The van der Waals surface area contributed by atoms with Crippen LogP contribution in [0.2, 0.25) is 5.28 Å². The molecule has 0 spiro atoms. The lowest BCUT2D eigenvalue weighted by Crippen LogP contribution is -1.82. The average Bonchev–Trinajstić information content (AvgIpc) is 2.26. The highest BCUT2D eigenvalue weighted by Crippen LogP contribution is 2.11. The summed E-state index contributed by atoms with van der Waals surface area (Å²) >= 11 is 1.41. The summed E-state index contributed by atoms with van der Waals surface area (Å²) in [5.74, 6) is 0. The summed E-state index contributed by atoms with van der Waals surface area (Å²) < 4.78 is 0. The van der Waals surface area contributed by atoms with Crippen molar-refractivity contribution in [1.29, 1.82) is 0 Å². The molecule has 90 valence electrons. The molecule has 0 aliphatic rings. The van der Waals surface area contributed by atoms with Gasteiger partial charge in [0.1, 0.15) is 0 Å². The molecule has 0 radical (unpaired) electrons. The van der Waals surface area contributed by atoms with E-state index in [0.29, 0.717) is 0 Å². The highest BCUT2D eigenvalue weighted by Gasteiger charge is 1.92. The maximum atomic E-state index is 2.29. The lowest BCUT2D eigenvalue weighted by molar-refractivity contribution is 0.548. The summed E-state index contributed by atoms with van der Waals surface area (Å²) in [6.07, 6.45) is 17.7. The molecule has 0 unspecified atom stereocenters. The molecule has 0 fully saturated rings. The molecule has 1 heteroatoms. The van der Waals surface area contributed by atoms with Gasteiger partial charge in [-0.05, 0) is 0 Å². The Hall–Kier alpha value is 0.532. The summed E-state index contributed by atoms with van der Waals surface area (Å²) in [5.41, 5.74) is 0. The third kappa shape index (κ3) is 14.5. The Kier molecular flexibility index (Phi) is 15.0. The van der Waals surface area contributed by atoms with E-state index in [4.69, 9.17) is 0 Å². The van der Waals surface area contributed by atoms with E-state index in [9.17, 15) is 0 Å². The minimum absolute atomic E-state index is 1.38. The van der Waals surface area contributed by atoms with E-state index in [0.717, 1.165) is 0 Å². The molecule has 15 heavy (non-hydrogen) atoms. The maximum Gasteiger partial charge on any atom is 0.211 e. The standard InChI is InChI=1S/C14H29.Al.2H/c1-3-5-7-9-11-13-14-12-10-8-6-4-2;;;/h1,3-14H2,2H3;;;. The van der Waals surface area contributed by atoms with Crippen LogP contribution in [0.25, 0.3) is 0 Å². The molecule has 0 atom stereocenters. The molecule has 0 saturated heterocycles. The van der Waals surface area contributed by atoms with Gasteiger partial charge in [-0.2, -0.15) is 0 Å². The van der Waals surface area contributed by atoms with E-state index in [1.54, 1.807) is 0 Å². The van der Waals surface area contributed by atoms with Gasteiger partial charge in [0.25, 0.3) is 0 Å². The largest absolute Gasteiger partial charge is 0.211 e. The molecule has 0 amide bonds. The smallest absolute Gasteiger partial charge is 0.101 e. The van der Waals surface area contributed by atoms with Crippen molar-refractivity contribution in [3.8, 4) is 0 Å². The van der Waals surface area contributed by atoms with Crippen molar-refractivity contribution in [3.63, 3.8) is 0 Å². The second-order valence-electron chi connectivity index (χ2n) is 4.89. The van der Waals surface area contributed by atoms with Crippen LogP contribution in [0, 0.1) is 0 Å². The molecule has 0 aromatic carbocycles. The molecule has 0 heterocycles. The Morgan fingerprint density at radius 3 is 1.20 bits per heavy atom. The molecule has 0 aliphatic heterocycles. The van der Waals surface area contributed by atoms with Crippen LogP contribution in [-0.2, 0) is 0 Å². The van der Waals surface area contributed by atoms with Crippen LogP contribution in [0.3, 0.4) is 0 Å². The Morgan fingerprint density at radius 1 is 0.533 bits per heavy atom. The number of hydrogen-bond donors (Lipinski definition) is 0. The summed E-state index contributed by atoms with van der Waals surface area (Å²) in [6.45, 7) is 2.29. The molecule has 0 bridgehead atoms. The van der Waals surface area contributed by atoms with Gasteiger partial charge in [-0.25, -0.2) is 0 Å². The van der Waals surface area contributed by atoms with Gasteiger partial charge in [0.05, 0.1) is 0 Å². The normalized spacial score (nSPS) is 10.7. The summed E-state index contributed by atoms with van der Waals surface area (Å²) in [7, 11) is 0. The number of rotatable bonds is 12. The molecule has 0 aliphatic carbocycles. The van der Waals surface area contributed by atoms with Gasteiger partial charge in [-0.15, -0.1) is 5.28 Å². The molecule has 0 nitrogen and oxygen atoms in total. The fraction of sp³-hybridized carbons (Fsp3) is 1.00. The van der Waals surface area contributed by atoms with Gasteiger partial charge in [0, 0.05) is 0 Å². The zero-order valence-corrected chi connectivity index (χ0v) is 13.2. The first-order valence-corrected chi connectivity index (χ1v) is 8.83. The minimum atomic E-state index is 1.38. The van der Waals surface area contributed by atoms with Crippen LogP contribution in [0.5, 0.6) is 0 Å². The number of hydrogen-bond acceptors (Lipinski definition) is 0. The Balaban J connectivity index is 2.81. The molecule has 0 saturated carbocycles. The van der Waals surface area contributed by atoms with Gasteiger partial charge in [0.15, 0.2) is 0 Å². The third-order valence-electron chi connectivity index (χ3n) is 3.21. The van der Waals surface area contributed by atoms with Crippen LogP contribution in [-0.4, -0.2) is 16.3 Å². The van der Waals surface area contributed by atoms with Crippen molar-refractivity contribution in [3.05, 3.63) is 0 Å². The van der Waals surface area contributed by atoms with E-state index in [1.165, 1.54) is 98.6 Å². The monoisotopic (exact) mass is 226 g/mol. The second-order valence-corrected chi connectivity index (χ2v) is 5.89. The summed E-state index contributed by atoms with van der Waals surface area (Å²) in [4.78, 5) is 0. The topological polar surface area (TPSA) is 0 Å². The van der Waals surface area contributed by atoms with Gasteiger partial charge in [-0.3, -0.25) is 0 Å². The second kappa shape index (κ2) is 14.5. The molecule has 0 rings (SSSR count). The van der Waals surface area contributed by atoms with E-state index in [2.05, 4.69) is 6.92 Å². The quantitative estimate of drug-likeness (QED) is 0.333. The molecular formula is C14H31Al. The third-order valence-corrected chi connectivity index (χ3v) is 3.91. The van der Waals surface area contributed by atoms with Gasteiger partial charge in [0.2, 0.25) is 16.3 Å². The summed E-state index contributed by atoms with van der Waals surface area (Å²) in [5, 5.41) is 1.51. The minimum Gasteiger partial charge on any atom is -0.101 e. The lowest BCUT2D eigenvalue weighted by Gasteiger charge is -2.01. The molecule has 0 N–H and O–H groups in total. The van der Waals surface area contributed by atoms with Crippen LogP contribution in [0.4, 0.5) is 0 Å². The zero-order valence-electron chi connectivity index (χ0n) is 11.2. The van der Waals surface area contributed by atoms with E-state index < -0.39 is 0 Å². The van der Waals surface area contributed by atoms with Gasteiger partial charge < -0.3 is 0 Å². The first kappa shape index (κ1) is 15.5. The van der Waals surface area contributed by atoms with Gasteiger partial charge >= 0.3 is 0 Å². The Morgan fingerprint density at radius 2 is 0.867 bits per heavy atom.